The van der Waals surface area contributed by atoms with Crippen LogP contribution in [0.25, 0.3) is 0 Å². The number of aromatic hydroxyl groups is 1. The van der Waals surface area contributed by atoms with Gasteiger partial charge in [0.25, 0.3) is 0 Å². The Bertz CT molecular complexity index is 652. The van der Waals surface area contributed by atoms with E-state index in [1.54, 1.807) is 12.1 Å². The van der Waals surface area contributed by atoms with Crippen LogP contribution in [0.1, 0.15) is 89.7 Å². The normalized spacial score (nSPS) is 17.0. The first kappa shape index (κ1) is 21.7. The Morgan fingerprint density at radius 3 is 1.81 bits per heavy atom. The van der Waals surface area contributed by atoms with Gasteiger partial charge in [0.05, 0.1) is 5.56 Å². The van der Waals surface area contributed by atoms with Crippen LogP contribution in [0.5, 0.6) is 5.75 Å². The second kappa shape index (κ2) is 7.46. The average molecular weight is 376 g/mol. The lowest BCUT2D eigenvalue weighted by atomic mass is 9.78. The highest BCUT2D eigenvalue weighted by molar-refractivity contribution is 5.91. The number of hydrogen-bond donors (Lipinski definition) is 2. The quantitative estimate of drug-likeness (QED) is 0.736. The number of carbonyl (C=O) groups is 1. The molecule has 1 aromatic rings. The Morgan fingerprint density at radius 2 is 1.41 bits per heavy atom. The molecule has 0 saturated carbocycles. The van der Waals surface area contributed by atoms with Gasteiger partial charge < -0.3 is 15.2 Å². The fourth-order valence-corrected chi connectivity index (χ4v) is 3.79. The number of hydrogen-bond acceptors (Lipinski definition) is 4. The predicted octanol–water partition coefficient (Wildman–Crippen LogP) is 4.92. The summed E-state index contributed by atoms with van der Waals surface area (Å²) in [5, 5.41) is 14.2. The van der Waals surface area contributed by atoms with Crippen LogP contribution >= 0.6 is 0 Å². The molecule has 1 aliphatic rings. The van der Waals surface area contributed by atoms with Gasteiger partial charge in [-0.05, 0) is 62.7 Å². The zero-order chi connectivity index (χ0) is 20.6. The zero-order valence-electron chi connectivity index (χ0n) is 18.3. The maximum absolute atomic E-state index is 13.1. The topological polar surface area (TPSA) is 58.6 Å². The Balaban J connectivity index is 2.40. The summed E-state index contributed by atoms with van der Waals surface area (Å²) in [6.07, 6.45) is 2.02. The molecule has 4 heteroatoms. The Kier molecular flexibility index (Phi) is 6.01. The number of rotatable bonds is 3. The lowest BCUT2D eigenvalue weighted by Crippen LogP contribution is -2.42. The number of piperidine rings is 1. The van der Waals surface area contributed by atoms with Gasteiger partial charge in [0.15, 0.2) is 0 Å². The van der Waals surface area contributed by atoms with E-state index < -0.39 is 5.60 Å². The first-order valence-electron chi connectivity index (χ1n) is 10.1. The van der Waals surface area contributed by atoms with E-state index in [0.717, 1.165) is 37.1 Å². The van der Waals surface area contributed by atoms with Crippen molar-refractivity contribution in [1.29, 1.82) is 0 Å². The van der Waals surface area contributed by atoms with E-state index in [-0.39, 0.29) is 22.5 Å². The molecule has 152 valence electrons. The molecule has 1 fully saturated rings. The van der Waals surface area contributed by atoms with E-state index in [2.05, 4.69) is 5.32 Å². The minimum Gasteiger partial charge on any atom is -0.507 e. The number of ether oxygens (including phenoxy) is 1. The average Bonchev–Trinajstić information content (AvgIpc) is 2.53. The number of phenols is 1. The molecular formula is C23H37NO3. The molecule has 0 aromatic heterocycles. The molecule has 1 aromatic carbocycles. The SMILES string of the molecule is CC(C)(C)c1cc(C(=O)OC(C)(C)C2CCNCC2)cc(C(C)(C)C)c1O. The van der Waals surface area contributed by atoms with E-state index in [1.807, 2.05) is 55.4 Å². The molecule has 4 nitrogen and oxygen atoms in total. The van der Waals surface area contributed by atoms with Crippen LogP contribution in [0.3, 0.4) is 0 Å². The van der Waals surface area contributed by atoms with Gasteiger partial charge in [0.2, 0.25) is 0 Å². The van der Waals surface area contributed by atoms with Crippen molar-refractivity contribution in [3.63, 3.8) is 0 Å². The Hall–Kier alpha value is -1.55. The summed E-state index contributed by atoms with van der Waals surface area (Å²) in [4.78, 5) is 13.1. The van der Waals surface area contributed by atoms with Crippen molar-refractivity contribution >= 4 is 5.97 Å². The number of nitrogens with one attached hydrogen (secondary N) is 1. The molecule has 0 bridgehead atoms. The van der Waals surface area contributed by atoms with Gasteiger partial charge in [-0.2, -0.15) is 0 Å². The Morgan fingerprint density at radius 1 is 0.963 bits per heavy atom. The van der Waals surface area contributed by atoms with Crippen molar-refractivity contribution in [2.45, 2.75) is 84.7 Å². The first-order valence-corrected chi connectivity index (χ1v) is 10.1. The molecule has 1 saturated heterocycles. The highest BCUT2D eigenvalue weighted by Gasteiger charge is 2.35. The summed E-state index contributed by atoms with van der Waals surface area (Å²) in [5.41, 5.74) is 1.02. The second-order valence-electron chi connectivity index (χ2n) is 10.4. The lowest BCUT2D eigenvalue weighted by Gasteiger charge is -2.37. The fraction of sp³-hybridized carbons (Fsp3) is 0.696. The summed E-state index contributed by atoms with van der Waals surface area (Å²) in [6, 6.07) is 3.59. The van der Waals surface area contributed by atoms with Crippen molar-refractivity contribution in [3.05, 3.63) is 28.8 Å². The van der Waals surface area contributed by atoms with Gasteiger partial charge in [0.1, 0.15) is 11.4 Å². The van der Waals surface area contributed by atoms with E-state index in [9.17, 15) is 9.90 Å². The molecule has 2 rings (SSSR count). The first-order chi connectivity index (χ1) is 12.2. The molecule has 0 aliphatic carbocycles. The smallest absolute Gasteiger partial charge is 0.338 e. The minimum absolute atomic E-state index is 0.273. The van der Waals surface area contributed by atoms with Gasteiger partial charge in [-0.1, -0.05) is 41.5 Å². The van der Waals surface area contributed by atoms with Crippen molar-refractivity contribution in [1.82, 2.24) is 5.32 Å². The van der Waals surface area contributed by atoms with Crippen LogP contribution in [0.15, 0.2) is 12.1 Å². The van der Waals surface area contributed by atoms with E-state index in [4.69, 9.17) is 4.74 Å². The standard InChI is InChI=1S/C23H37NO3/c1-21(2,3)17-13-15(14-18(19(17)25)22(4,5)6)20(26)27-23(7,8)16-9-11-24-12-10-16/h13-14,16,24-25H,9-12H2,1-8H3. The molecular weight excluding hydrogens is 338 g/mol. The van der Waals surface area contributed by atoms with Gasteiger partial charge in [-0.25, -0.2) is 4.79 Å². The number of phenolic OH excluding ortho intramolecular Hbond substituents is 1. The lowest BCUT2D eigenvalue weighted by molar-refractivity contribution is -0.0368. The van der Waals surface area contributed by atoms with E-state index >= 15 is 0 Å². The molecule has 1 aliphatic heterocycles. The van der Waals surface area contributed by atoms with Crippen LogP contribution in [0, 0.1) is 5.92 Å². The van der Waals surface area contributed by atoms with Gasteiger partial charge in [0, 0.05) is 17.0 Å². The summed E-state index contributed by atoms with van der Waals surface area (Å²) < 4.78 is 5.99. The third-order valence-electron chi connectivity index (χ3n) is 5.64. The minimum atomic E-state index is -0.513. The van der Waals surface area contributed by atoms with Gasteiger partial charge in [-0.15, -0.1) is 0 Å². The van der Waals surface area contributed by atoms with Crippen LogP contribution in [-0.2, 0) is 15.6 Å². The number of esters is 1. The Labute approximate surface area is 164 Å². The number of carbonyl (C=O) groups excluding carboxylic acids is 1. The molecule has 0 amide bonds. The molecule has 2 N–H and O–H groups in total. The fourth-order valence-electron chi connectivity index (χ4n) is 3.79. The monoisotopic (exact) mass is 375 g/mol. The maximum atomic E-state index is 13.1. The molecule has 0 unspecified atom stereocenters. The predicted molar refractivity (Wildman–Crippen MR) is 111 cm³/mol. The van der Waals surface area contributed by atoms with E-state index in [0.29, 0.717) is 11.5 Å². The second-order valence-corrected chi connectivity index (χ2v) is 10.4. The highest BCUT2D eigenvalue weighted by atomic mass is 16.6. The molecule has 1 heterocycles. The third-order valence-corrected chi connectivity index (χ3v) is 5.64. The van der Waals surface area contributed by atoms with Gasteiger partial charge >= 0.3 is 5.97 Å². The maximum Gasteiger partial charge on any atom is 0.338 e. The summed E-state index contributed by atoms with van der Waals surface area (Å²) in [7, 11) is 0. The molecule has 27 heavy (non-hydrogen) atoms. The summed E-state index contributed by atoms with van der Waals surface area (Å²) in [5.74, 6) is 0.322. The van der Waals surface area contributed by atoms with Crippen LogP contribution in [-0.4, -0.2) is 29.8 Å². The zero-order valence-corrected chi connectivity index (χ0v) is 18.3. The van der Waals surface area contributed by atoms with Crippen molar-refractivity contribution in [2.24, 2.45) is 5.92 Å². The van der Waals surface area contributed by atoms with Crippen molar-refractivity contribution in [2.75, 3.05) is 13.1 Å². The molecule has 0 atom stereocenters. The third kappa shape index (κ3) is 5.04. The van der Waals surface area contributed by atoms with Gasteiger partial charge in [-0.3, -0.25) is 0 Å². The van der Waals surface area contributed by atoms with Crippen LogP contribution in [0.2, 0.25) is 0 Å². The summed E-state index contributed by atoms with van der Waals surface area (Å²) in [6.45, 7) is 18.2. The van der Waals surface area contributed by atoms with Crippen LogP contribution < -0.4 is 5.32 Å². The van der Waals surface area contributed by atoms with Crippen LogP contribution in [0.4, 0.5) is 0 Å². The van der Waals surface area contributed by atoms with E-state index in [1.165, 1.54) is 0 Å². The summed E-state index contributed by atoms with van der Waals surface area (Å²) >= 11 is 0. The van der Waals surface area contributed by atoms with Crippen molar-refractivity contribution < 1.29 is 14.6 Å². The highest BCUT2D eigenvalue weighted by Crippen LogP contribution is 2.40. The molecule has 0 spiro atoms. The molecule has 0 radical (unpaired) electrons. The van der Waals surface area contributed by atoms with Crippen molar-refractivity contribution in [3.8, 4) is 5.75 Å². The number of benzene rings is 1. The largest absolute Gasteiger partial charge is 0.507 e.